The molecule has 2 rings (SSSR count). The zero-order valence-electron chi connectivity index (χ0n) is 12.4. The van der Waals surface area contributed by atoms with E-state index < -0.39 is 0 Å². The lowest BCUT2D eigenvalue weighted by molar-refractivity contribution is -0.123. The maximum absolute atomic E-state index is 12.2. The fourth-order valence-corrected chi connectivity index (χ4v) is 2.54. The number of rotatable bonds is 4. The first-order chi connectivity index (χ1) is 9.80. The van der Waals surface area contributed by atoms with Gasteiger partial charge in [0.1, 0.15) is 12.4 Å². The molecule has 1 aromatic carbocycles. The summed E-state index contributed by atoms with van der Waals surface area (Å²) in [6.07, 6.45) is 0.608. The third-order valence-corrected chi connectivity index (χ3v) is 3.35. The van der Waals surface area contributed by atoms with Crippen molar-refractivity contribution in [1.82, 2.24) is 14.9 Å². The van der Waals surface area contributed by atoms with Gasteiger partial charge in [0.2, 0.25) is 5.91 Å². The Labute approximate surface area is 134 Å². The molecule has 2 aromatic rings. The first-order valence-electron chi connectivity index (χ1n) is 6.82. The van der Waals surface area contributed by atoms with Crippen molar-refractivity contribution in [2.45, 2.75) is 39.3 Å². The van der Waals surface area contributed by atoms with Crippen LogP contribution in [0.1, 0.15) is 26.6 Å². The Hall–Kier alpha value is -1.26. The van der Waals surface area contributed by atoms with Crippen molar-refractivity contribution in [3.8, 4) is 0 Å². The van der Waals surface area contributed by atoms with Gasteiger partial charge in [0.15, 0.2) is 0 Å². The van der Waals surface area contributed by atoms with Gasteiger partial charge in [-0.05, 0) is 39.0 Å². The average molecular weight is 328 g/mol. The van der Waals surface area contributed by atoms with E-state index in [9.17, 15) is 4.79 Å². The van der Waals surface area contributed by atoms with E-state index in [-0.39, 0.29) is 18.0 Å². The summed E-state index contributed by atoms with van der Waals surface area (Å²) in [5.41, 5.74) is 1.42. The van der Waals surface area contributed by atoms with E-state index in [2.05, 4.69) is 10.3 Å². The van der Waals surface area contributed by atoms with E-state index in [1.807, 2.05) is 31.4 Å². The monoisotopic (exact) mass is 327 g/mol. The maximum Gasteiger partial charge on any atom is 0.240 e. The van der Waals surface area contributed by atoms with E-state index in [0.29, 0.717) is 17.3 Å². The van der Waals surface area contributed by atoms with Crippen molar-refractivity contribution in [2.75, 3.05) is 5.88 Å². The molecule has 0 aliphatic rings. The molecule has 0 aliphatic heterocycles. The molecule has 0 unspecified atom stereocenters. The van der Waals surface area contributed by atoms with Gasteiger partial charge in [-0.3, -0.25) is 4.79 Å². The lowest BCUT2D eigenvalue weighted by atomic mass is 10.1. The first-order valence-corrected chi connectivity index (χ1v) is 7.73. The zero-order valence-corrected chi connectivity index (χ0v) is 13.9. The smallest absolute Gasteiger partial charge is 0.240 e. The molecule has 0 saturated carbocycles. The summed E-state index contributed by atoms with van der Waals surface area (Å²) in [6, 6.07) is 5.48. The molecule has 0 aliphatic carbocycles. The van der Waals surface area contributed by atoms with Gasteiger partial charge in [0, 0.05) is 22.9 Å². The molecule has 1 N–H and O–H groups in total. The highest BCUT2D eigenvalue weighted by molar-refractivity contribution is 6.31. The standard InChI is InChI=1S/C15H19Cl2N3O/c1-15(2,3)19-14(21)9-20-12-5-4-10(17)8-11(12)18-13(20)6-7-16/h4-5,8H,6-7,9H2,1-3H3,(H,19,21). The maximum atomic E-state index is 12.2. The van der Waals surface area contributed by atoms with Crippen molar-refractivity contribution in [3.05, 3.63) is 29.0 Å². The van der Waals surface area contributed by atoms with Crippen molar-refractivity contribution >= 4 is 40.1 Å². The number of carbonyl (C=O) groups is 1. The second-order valence-corrected chi connectivity index (χ2v) is 6.80. The Bertz CT molecular complexity index is 659. The number of aryl methyl sites for hydroxylation is 1. The van der Waals surface area contributed by atoms with E-state index in [1.165, 1.54) is 0 Å². The Balaban J connectivity index is 2.36. The molecule has 0 fully saturated rings. The van der Waals surface area contributed by atoms with Crippen LogP contribution < -0.4 is 5.32 Å². The summed E-state index contributed by atoms with van der Waals surface area (Å²) < 4.78 is 1.90. The number of aromatic nitrogens is 2. The molecular weight excluding hydrogens is 309 g/mol. The zero-order chi connectivity index (χ0) is 15.6. The summed E-state index contributed by atoms with van der Waals surface area (Å²) in [6.45, 7) is 6.09. The van der Waals surface area contributed by atoms with Crippen LogP contribution in [-0.2, 0) is 17.8 Å². The number of halogens is 2. The Morgan fingerprint density at radius 3 is 2.71 bits per heavy atom. The van der Waals surface area contributed by atoms with E-state index in [0.717, 1.165) is 16.9 Å². The third-order valence-electron chi connectivity index (χ3n) is 2.92. The minimum absolute atomic E-state index is 0.0485. The molecular formula is C15H19Cl2N3O. The summed E-state index contributed by atoms with van der Waals surface area (Å²) in [5, 5.41) is 3.58. The molecule has 1 amide bonds. The van der Waals surface area contributed by atoms with Crippen molar-refractivity contribution in [2.24, 2.45) is 0 Å². The van der Waals surface area contributed by atoms with Crippen LogP contribution in [0.5, 0.6) is 0 Å². The lowest BCUT2D eigenvalue weighted by Gasteiger charge is -2.21. The summed E-state index contributed by atoms with van der Waals surface area (Å²) >= 11 is 11.8. The van der Waals surface area contributed by atoms with E-state index in [4.69, 9.17) is 23.2 Å². The highest BCUT2D eigenvalue weighted by atomic mass is 35.5. The van der Waals surface area contributed by atoms with Crippen LogP contribution in [0.25, 0.3) is 11.0 Å². The van der Waals surface area contributed by atoms with E-state index >= 15 is 0 Å². The summed E-state index contributed by atoms with van der Waals surface area (Å²) in [4.78, 5) is 16.7. The summed E-state index contributed by atoms with van der Waals surface area (Å²) in [7, 11) is 0. The number of hydrogen-bond donors (Lipinski definition) is 1. The molecule has 0 radical (unpaired) electrons. The molecule has 0 saturated heterocycles. The van der Waals surface area contributed by atoms with Crippen LogP contribution in [0.15, 0.2) is 18.2 Å². The Morgan fingerprint density at radius 1 is 1.38 bits per heavy atom. The second-order valence-electron chi connectivity index (χ2n) is 5.98. The van der Waals surface area contributed by atoms with Gasteiger partial charge in [-0.25, -0.2) is 4.98 Å². The number of hydrogen-bond acceptors (Lipinski definition) is 2. The number of nitrogens with zero attached hydrogens (tertiary/aromatic N) is 2. The molecule has 0 atom stereocenters. The SMILES string of the molecule is CC(C)(C)NC(=O)Cn1c(CCCl)nc2cc(Cl)ccc21. The molecule has 4 nitrogen and oxygen atoms in total. The van der Waals surface area contributed by atoms with Gasteiger partial charge in [-0.2, -0.15) is 0 Å². The van der Waals surface area contributed by atoms with Crippen LogP contribution in [0.3, 0.4) is 0 Å². The number of nitrogens with one attached hydrogen (secondary N) is 1. The van der Waals surface area contributed by atoms with Crippen LogP contribution in [0.2, 0.25) is 5.02 Å². The first kappa shape index (κ1) is 16.1. The number of benzene rings is 1. The van der Waals surface area contributed by atoms with Gasteiger partial charge in [-0.15, -0.1) is 11.6 Å². The van der Waals surface area contributed by atoms with Gasteiger partial charge in [0.05, 0.1) is 11.0 Å². The van der Waals surface area contributed by atoms with E-state index in [1.54, 1.807) is 12.1 Å². The highest BCUT2D eigenvalue weighted by Crippen LogP contribution is 2.21. The molecule has 1 heterocycles. The Kier molecular flexibility index (Phi) is 4.79. The molecule has 0 bridgehead atoms. The van der Waals surface area contributed by atoms with Crippen molar-refractivity contribution < 1.29 is 4.79 Å². The van der Waals surface area contributed by atoms with Crippen LogP contribution in [0.4, 0.5) is 0 Å². The van der Waals surface area contributed by atoms with Crippen molar-refractivity contribution in [3.63, 3.8) is 0 Å². The molecule has 114 valence electrons. The minimum atomic E-state index is -0.260. The normalized spacial score (nSPS) is 11.9. The Morgan fingerprint density at radius 2 is 2.10 bits per heavy atom. The van der Waals surface area contributed by atoms with Crippen LogP contribution in [0, 0.1) is 0 Å². The molecule has 21 heavy (non-hydrogen) atoms. The largest absolute Gasteiger partial charge is 0.350 e. The second kappa shape index (κ2) is 6.24. The average Bonchev–Trinajstić information content (AvgIpc) is 2.64. The van der Waals surface area contributed by atoms with Crippen LogP contribution >= 0.6 is 23.2 Å². The highest BCUT2D eigenvalue weighted by Gasteiger charge is 2.17. The lowest BCUT2D eigenvalue weighted by Crippen LogP contribution is -2.42. The predicted octanol–water partition coefficient (Wildman–Crippen LogP) is 3.39. The fraction of sp³-hybridized carbons (Fsp3) is 0.467. The topological polar surface area (TPSA) is 46.9 Å². The number of carbonyl (C=O) groups excluding carboxylic acids is 1. The fourth-order valence-electron chi connectivity index (χ4n) is 2.21. The minimum Gasteiger partial charge on any atom is -0.350 e. The van der Waals surface area contributed by atoms with Crippen molar-refractivity contribution in [1.29, 1.82) is 0 Å². The van der Waals surface area contributed by atoms with Gasteiger partial charge in [-0.1, -0.05) is 11.6 Å². The number of alkyl halides is 1. The van der Waals surface area contributed by atoms with Gasteiger partial charge >= 0.3 is 0 Å². The molecule has 0 spiro atoms. The molecule has 6 heteroatoms. The number of amides is 1. The predicted molar refractivity (Wildman–Crippen MR) is 87.1 cm³/mol. The third kappa shape index (κ3) is 4.11. The summed E-state index contributed by atoms with van der Waals surface area (Å²) in [5.74, 6) is 1.21. The molecule has 1 aromatic heterocycles. The number of imidazole rings is 1. The van der Waals surface area contributed by atoms with Gasteiger partial charge in [0.25, 0.3) is 0 Å². The number of fused-ring (bicyclic) bond motifs is 1. The quantitative estimate of drug-likeness (QED) is 0.875. The van der Waals surface area contributed by atoms with Gasteiger partial charge < -0.3 is 9.88 Å². The van der Waals surface area contributed by atoms with Crippen LogP contribution in [-0.4, -0.2) is 26.9 Å².